The number of hydrogen-bond donors (Lipinski definition) is 1. The van der Waals surface area contributed by atoms with Crippen LogP contribution in [0, 0.1) is 6.92 Å². The molecule has 188 valence electrons. The SMILES string of the molecule is CCCCO[C@@H](C(=O)N1Cc2ccc(C)c(OCc3ccccc3)c2C[C@H]1C(=O)O)c1ccccc1. The summed E-state index contributed by atoms with van der Waals surface area (Å²) in [7, 11) is 0. The van der Waals surface area contributed by atoms with E-state index in [1.807, 2.05) is 79.7 Å². The number of unbranched alkanes of at least 4 members (excludes halogenated alkanes) is 1. The number of nitrogens with zero attached hydrogens (tertiary/aromatic N) is 1. The van der Waals surface area contributed by atoms with Crippen molar-refractivity contribution >= 4 is 11.9 Å². The Morgan fingerprint density at radius 3 is 2.39 bits per heavy atom. The van der Waals surface area contributed by atoms with Gasteiger partial charge in [0.25, 0.3) is 5.91 Å². The molecule has 0 saturated carbocycles. The number of rotatable bonds is 10. The van der Waals surface area contributed by atoms with E-state index in [1.165, 1.54) is 4.90 Å². The van der Waals surface area contributed by atoms with Crippen molar-refractivity contribution in [1.82, 2.24) is 4.90 Å². The number of amides is 1. The maximum Gasteiger partial charge on any atom is 0.326 e. The fourth-order valence-corrected chi connectivity index (χ4v) is 4.57. The van der Waals surface area contributed by atoms with E-state index in [1.54, 1.807) is 0 Å². The first-order chi connectivity index (χ1) is 17.5. The zero-order valence-corrected chi connectivity index (χ0v) is 20.9. The molecule has 2 atom stereocenters. The monoisotopic (exact) mass is 487 g/mol. The predicted molar refractivity (Wildman–Crippen MR) is 138 cm³/mol. The maximum absolute atomic E-state index is 13.8. The summed E-state index contributed by atoms with van der Waals surface area (Å²) in [6.45, 7) is 5.03. The highest BCUT2D eigenvalue weighted by atomic mass is 16.5. The van der Waals surface area contributed by atoms with Crippen molar-refractivity contribution in [2.75, 3.05) is 6.61 Å². The number of carbonyl (C=O) groups excluding carboxylic acids is 1. The van der Waals surface area contributed by atoms with Crippen molar-refractivity contribution in [1.29, 1.82) is 0 Å². The fraction of sp³-hybridized carbons (Fsp3) is 0.333. The molecular weight excluding hydrogens is 454 g/mol. The van der Waals surface area contributed by atoms with E-state index in [2.05, 4.69) is 6.92 Å². The van der Waals surface area contributed by atoms with E-state index < -0.39 is 18.1 Å². The zero-order valence-electron chi connectivity index (χ0n) is 20.9. The van der Waals surface area contributed by atoms with E-state index in [0.717, 1.165) is 40.7 Å². The van der Waals surface area contributed by atoms with Gasteiger partial charge < -0.3 is 19.5 Å². The highest BCUT2D eigenvalue weighted by Gasteiger charge is 2.39. The van der Waals surface area contributed by atoms with Gasteiger partial charge in [-0.3, -0.25) is 4.79 Å². The highest BCUT2D eigenvalue weighted by Crippen LogP contribution is 2.36. The van der Waals surface area contributed by atoms with Crippen molar-refractivity contribution < 1.29 is 24.2 Å². The van der Waals surface area contributed by atoms with Gasteiger partial charge in [0.15, 0.2) is 6.10 Å². The standard InChI is InChI=1S/C30H33NO5/c1-3-4-17-35-28(23-13-9-6-10-14-23)29(32)31-19-24-16-15-21(2)27(25(24)18-26(31)30(33)34)36-20-22-11-7-5-8-12-22/h5-16,26,28H,3-4,17-20H2,1-2H3,(H,33,34)/t26-,28+/m0/s1. The lowest BCUT2D eigenvalue weighted by atomic mass is 9.90. The molecule has 1 N–H and O–H groups in total. The summed E-state index contributed by atoms with van der Waals surface area (Å²) in [4.78, 5) is 27.6. The first-order valence-electron chi connectivity index (χ1n) is 12.5. The zero-order chi connectivity index (χ0) is 25.5. The Hall–Kier alpha value is -3.64. The molecule has 1 aliphatic rings. The molecule has 0 aliphatic carbocycles. The quantitative estimate of drug-likeness (QED) is 0.384. The van der Waals surface area contributed by atoms with E-state index >= 15 is 0 Å². The highest BCUT2D eigenvalue weighted by molar-refractivity contribution is 5.88. The summed E-state index contributed by atoms with van der Waals surface area (Å²) in [6.07, 6.45) is 1.10. The van der Waals surface area contributed by atoms with Crippen LogP contribution in [0.1, 0.15) is 53.7 Å². The molecule has 0 saturated heterocycles. The molecule has 36 heavy (non-hydrogen) atoms. The maximum atomic E-state index is 13.8. The molecule has 0 radical (unpaired) electrons. The summed E-state index contributed by atoms with van der Waals surface area (Å²) in [5.41, 5.74) is 4.45. The molecule has 0 spiro atoms. The Bertz CT molecular complexity index is 1180. The number of carbonyl (C=O) groups is 2. The summed E-state index contributed by atoms with van der Waals surface area (Å²) in [6, 6.07) is 22.1. The lowest BCUT2D eigenvalue weighted by Gasteiger charge is -2.37. The molecule has 6 heteroatoms. The molecule has 3 aromatic carbocycles. The summed E-state index contributed by atoms with van der Waals surface area (Å²) >= 11 is 0. The molecule has 3 aromatic rings. The number of fused-ring (bicyclic) bond motifs is 1. The van der Waals surface area contributed by atoms with Crippen LogP contribution in [-0.4, -0.2) is 34.5 Å². The van der Waals surface area contributed by atoms with Crippen LogP contribution in [0.5, 0.6) is 5.75 Å². The average Bonchev–Trinajstić information content (AvgIpc) is 2.90. The molecule has 6 nitrogen and oxygen atoms in total. The van der Waals surface area contributed by atoms with Crippen LogP contribution in [0.4, 0.5) is 0 Å². The minimum absolute atomic E-state index is 0.179. The first kappa shape index (κ1) is 25.5. The molecule has 0 unspecified atom stereocenters. The van der Waals surface area contributed by atoms with Gasteiger partial charge in [-0.2, -0.15) is 0 Å². The van der Waals surface area contributed by atoms with Crippen LogP contribution in [0.3, 0.4) is 0 Å². The van der Waals surface area contributed by atoms with Gasteiger partial charge in [-0.25, -0.2) is 4.79 Å². The van der Waals surface area contributed by atoms with Gasteiger partial charge in [-0.15, -0.1) is 0 Å². The molecule has 4 rings (SSSR count). The fourth-order valence-electron chi connectivity index (χ4n) is 4.57. The number of carboxylic acid groups (broad SMARTS) is 1. The van der Waals surface area contributed by atoms with Crippen LogP contribution in [0.2, 0.25) is 0 Å². The van der Waals surface area contributed by atoms with E-state index in [0.29, 0.717) is 19.0 Å². The predicted octanol–water partition coefficient (Wildman–Crippen LogP) is 5.47. The second-order valence-corrected chi connectivity index (χ2v) is 9.16. The van der Waals surface area contributed by atoms with E-state index in [9.17, 15) is 14.7 Å². The third-order valence-corrected chi connectivity index (χ3v) is 6.57. The Balaban J connectivity index is 1.63. The number of aryl methyl sites for hydroxylation is 1. The number of aliphatic carboxylic acids is 1. The van der Waals surface area contributed by atoms with Crippen molar-refractivity contribution in [3.8, 4) is 5.75 Å². The molecule has 0 bridgehead atoms. The van der Waals surface area contributed by atoms with Gasteiger partial charge in [-0.1, -0.05) is 86.1 Å². The van der Waals surface area contributed by atoms with Gasteiger partial charge in [-0.05, 0) is 35.6 Å². The number of carboxylic acids is 1. The smallest absolute Gasteiger partial charge is 0.326 e. The number of benzene rings is 3. The van der Waals surface area contributed by atoms with E-state index in [-0.39, 0.29) is 18.9 Å². The Kier molecular flexibility index (Phi) is 8.39. The van der Waals surface area contributed by atoms with E-state index in [4.69, 9.17) is 9.47 Å². The number of hydrogen-bond acceptors (Lipinski definition) is 4. The molecule has 0 fully saturated rings. The molecular formula is C30H33NO5. The summed E-state index contributed by atoms with van der Waals surface area (Å²) in [5.74, 6) is -0.666. The van der Waals surface area contributed by atoms with Crippen molar-refractivity contribution in [3.63, 3.8) is 0 Å². The topological polar surface area (TPSA) is 76.1 Å². The lowest BCUT2D eigenvalue weighted by Crippen LogP contribution is -2.50. The van der Waals surface area contributed by atoms with Crippen LogP contribution in [-0.2, 0) is 33.9 Å². The summed E-state index contributed by atoms with van der Waals surface area (Å²) < 4.78 is 12.2. The van der Waals surface area contributed by atoms with Gasteiger partial charge in [0.05, 0.1) is 0 Å². The largest absolute Gasteiger partial charge is 0.488 e. The van der Waals surface area contributed by atoms with Crippen molar-refractivity contribution in [2.24, 2.45) is 0 Å². The molecule has 1 amide bonds. The van der Waals surface area contributed by atoms with Gasteiger partial charge in [0, 0.05) is 25.1 Å². The van der Waals surface area contributed by atoms with Crippen LogP contribution in [0.25, 0.3) is 0 Å². The molecule has 1 heterocycles. The molecule has 1 aliphatic heterocycles. The minimum Gasteiger partial charge on any atom is -0.488 e. The van der Waals surface area contributed by atoms with Crippen molar-refractivity contribution in [3.05, 3.63) is 101 Å². The van der Waals surface area contributed by atoms with Gasteiger partial charge in [0.2, 0.25) is 0 Å². The second-order valence-electron chi connectivity index (χ2n) is 9.16. The second kappa shape index (κ2) is 11.9. The normalized spacial score (nSPS) is 15.7. The number of ether oxygens (including phenoxy) is 2. The lowest BCUT2D eigenvalue weighted by molar-refractivity contribution is -0.158. The molecule has 0 aromatic heterocycles. The Morgan fingerprint density at radius 1 is 1.03 bits per heavy atom. The van der Waals surface area contributed by atoms with Crippen LogP contribution >= 0.6 is 0 Å². The third-order valence-electron chi connectivity index (χ3n) is 6.57. The average molecular weight is 488 g/mol. The third kappa shape index (κ3) is 5.77. The van der Waals surface area contributed by atoms with Crippen LogP contribution < -0.4 is 4.74 Å². The Labute approximate surface area is 212 Å². The van der Waals surface area contributed by atoms with Crippen molar-refractivity contribution in [2.45, 2.75) is 58.4 Å². The minimum atomic E-state index is -1.04. The van der Waals surface area contributed by atoms with Crippen LogP contribution in [0.15, 0.2) is 72.8 Å². The first-order valence-corrected chi connectivity index (χ1v) is 12.5. The van der Waals surface area contributed by atoms with Gasteiger partial charge in [0.1, 0.15) is 18.4 Å². The summed E-state index contributed by atoms with van der Waals surface area (Å²) in [5, 5.41) is 10.1. The Morgan fingerprint density at radius 2 is 1.72 bits per heavy atom. The van der Waals surface area contributed by atoms with Gasteiger partial charge >= 0.3 is 5.97 Å².